The number of aryl methyl sites for hydroxylation is 1. The van der Waals surface area contributed by atoms with E-state index in [0.29, 0.717) is 12.5 Å². The topological polar surface area (TPSA) is 55.8 Å². The van der Waals surface area contributed by atoms with Gasteiger partial charge in [-0.05, 0) is 60.6 Å². The zero-order valence-electron chi connectivity index (χ0n) is 19.8. The molecule has 174 valence electrons. The predicted octanol–water partition coefficient (Wildman–Crippen LogP) is 5.92. The molecule has 4 nitrogen and oxygen atoms in total. The van der Waals surface area contributed by atoms with Crippen molar-refractivity contribution in [3.05, 3.63) is 47.0 Å². The van der Waals surface area contributed by atoms with Crippen LogP contribution < -0.4 is 0 Å². The van der Waals surface area contributed by atoms with E-state index in [-0.39, 0.29) is 24.7 Å². The van der Waals surface area contributed by atoms with Crippen LogP contribution in [0.1, 0.15) is 93.7 Å². The highest BCUT2D eigenvalue weighted by Crippen LogP contribution is 2.39. The molecule has 1 aromatic rings. The van der Waals surface area contributed by atoms with Crippen molar-refractivity contribution in [2.75, 3.05) is 26.9 Å². The van der Waals surface area contributed by atoms with Crippen molar-refractivity contribution in [1.82, 2.24) is 0 Å². The molecule has 2 rings (SSSR count). The molecule has 31 heavy (non-hydrogen) atoms. The Labute approximate surface area is 189 Å². The van der Waals surface area contributed by atoms with Gasteiger partial charge >= 0.3 is 5.97 Å². The van der Waals surface area contributed by atoms with Crippen molar-refractivity contribution in [3.8, 4) is 0 Å². The van der Waals surface area contributed by atoms with Gasteiger partial charge in [-0.25, -0.2) is 4.79 Å². The number of ether oxygens (including phenoxy) is 2. The van der Waals surface area contributed by atoms with Crippen molar-refractivity contribution in [2.45, 2.75) is 83.5 Å². The van der Waals surface area contributed by atoms with E-state index in [2.05, 4.69) is 38.6 Å². The molecule has 0 aliphatic heterocycles. The van der Waals surface area contributed by atoms with Crippen LogP contribution in [0.2, 0.25) is 0 Å². The second-order valence-electron chi connectivity index (χ2n) is 9.04. The minimum absolute atomic E-state index is 0.0332. The van der Waals surface area contributed by atoms with Crippen LogP contribution in [-0.2, 0) is 20.7 Å². The molecule has 1 aromatic carbocycles. The third-order valence-electron chi connectivity index (χ3n) is 6.78. The van der Waals surface area contributed by atoms with E-state index >= 15 is 0 Å². The fraction of sp³-hybridized carbons (Fsp3) is 0.667. The molecular weight excluding hydrogens is 388 g/mol. The van der Waals surface area contributed by atoms with Gasteiger partial charge in [0.05, 0.1) is 18.8 Å². The summed E-state index contributed by atoms with van der Waals surface area (Å²) >= 11 is 0. The van der Waals surface area contributed by atoms with Crippen molar-refractivity contribution in [3.63, 3.8) is 0 Å². The quantitative estimate of drug-likeness (QED) is 0.240. The predicted molar refractivity (Wildman–Crippen MR) is 126 cm³/mol. The van der Waals surface area contributed by atoms with Gasteiger partial charge in [-0.2, -0.15) is 0 Å². The largest absolute Gasteiger partial charge is 0.462 e. The Morgan fingerprint density at radius 2 is 1.90 bits per heavy atom. The number of hydrogen-bond donors (Lipinski definition) is 1. The van der Waals surface area contributed by atoms with Crippen LogP contribution in [-0.4, -0.2) is 38.0 Å². The number of methoxy groups -OCH3 is 1. The maximum Gasteiger partial charge on any atom is 0.335 e. The van der Waals surface area contributed by atoms with Crippen LogP contribution in [0.4, 0.5) is 0 Å². The van der Waals surface area contributed by atoms with Gasteiger partial charge in [0, 0.05) is 13.0 Å². The molecule has 0 aromatic heterocycles. The zero-order chi connectivity index (χ0) is 22.6. The first kappa shape index (κ1) is 25.6. The van der Waals surface area contributed by atoms with Gasteiger partial charge in [-0.15, -0.1) is 0 Å². The number of rotatable bonds is 13. The Kier molecular flexibility index (Phi) is 11.3. The molecule has 1 N–H and O–H groups in total. The molecule has 0 heterocycles. The van der Waals surface area contributed by atoms with Crippen LogP contribution in [0.5, 0.6) is 0 Å². The highest BCUT2D eigenvalue weighted by atomic mass is 16.5. The summed E-state index contributed by atoms with van der Waals surface area (Å²) in [7, 11) is 1.66. The number of benzene rings is 1. The Morgan fingerprint density at radius 1 is 1.16 bits per heavy atom. The van der Waals surface area contributed by atoms with Crippen LogP contribution >= 0.6 is 0 Å². The molecule has 0 radical (unpaired) electrons. The lowest BCUT2D eigenvalue weighted by Gasteiger charge is -2.30. The Hall–Kier alpha value is -1.65. The van der Waals surface area contributed by atoms with E-state index in [1.807, 2.05) is 0 Å². The SMILES string of the molecule is C=C(CO)C(=O)OCC(COC)c1ccc(C2CCC(CCCCC)CC2)c(CC)c1. The number of aliphatic hydroxyl groups excluding tert-OH is 1. The maximum atomic E-state index is 11.9. The number of aliphatic hydroxyl groups is 1. The third-order valence-corrected chi connectivity index (χ3v) is 6.78. The van der Waals surface area contributed by atoms with Gasteiger partial charge in [-0.1, -0.05) is 64.3 Å². The van der Waals surface area contributed by atoms with E-state index in [4.69, 9.17) is 14.6 Å². The highest BCUT2D eigenvalue weighted by molar-refractivity contribution is 5.87. The summed E-state index contributed by atoms with van der Waals surface area (Å²) in [5, 5.41) is 9.06. The van der Waals surface area contributed by atoms with E-state index in [1.165, 1.54) is 62.5 Å². The monoisotopic (exact) mass is 430 g/mol. The van der Waals surface area contributed by atoms with Crippen molar-refractivity contribution in [1.29, 1.82) is 0 Å². The number of esters is 1. The Morgan fingerprint density at radius 3 is 2.52 bits per heavy atom. The first-order valence-corrected chi connectivity index (χ1v) is 12.1. The fourth-order valence-corrected chi connectivity index (χ4v) is 4.81. The van der Waals surface area contributed by atoms with Gasteiger partial charge in [0.1, 0.15) is 6.61 Å². The van der Waals surface area contributed by atoms with Gasteiger partial charge < -0.3 is 14.6 Å². The molecule has 0 saturated heterocycles. The molecule has 0 amide bonds. The third kappa shape index (κ3) is 7.76. The first-order valence-electron chi connectivity index (χ1n) is 12.1. The van der Waals surface area contributed by atoms with E-state index in [0.717, 1.165) is 17.9 Å². The Bertz CT molecular complexity index is 688. The maximum absolute atomic E-state index is 11.9. The Balaban J connectivity index is 2.03. The summed E-state index contributed by atoms with van der Waals surface area (Å²) in [6.45, 7) is 8.34. The standard InChI is InChI=1S/C27H42O4/c1-5-7-8-9-21-10-12-23(13-11-21)26-15-14-24(16-22(26)6-2)25(18-30-4)19-31-27(29)20(3)17-28/h14-16,21,23,25,28H,3,5-13,17-19H2,1-2,4H3. The summed E-state index contributed by atoms with van der Waals surface area (Å²) in [5.74, 6) is 1.00. The normalized spacial score (nSPS) is 19.7. The molecule has 1 unspecified atom stereocenters. The smallest absolute Gasteiger partial charge is 0.335 e. The van der Waals surface area contributed by atoms with Gasteiger partial charge in [-0.3, -0.25) is 0 Å². The van der Waals surface area contributed by atoms with E-state index in [1.54, 1.807) is 7.11 Å². The van der Waals surface area contributed by atoms with E-state index in [9.17, 15) is 4.79 Å². The molecule has 0 spiro atoms. The van der Waals surface area contributed by atoms with Crippen LogP contribution in [0.15, 0.2) is 30.4 Å². The molecule has 1 atom stereocenters. The lowest BCUT2D eigenvalue weighted by Crippen LogP contribution is -2.19. The molecule has 4 heteroatoms. The minimum atomic E-state index is -0.549. The van der Waals surface area contributed by atoms with Crippen LogP contribution in [0.25, 0.3) is 0 Å². The van der Waals surface area contributed by atoms with Crippen molar-refractivity contribution < 1.29 is 19.4 Å². The van der Waals surface area contributed by atoms with Crippen molar-refractivity contribution in [2.24, 2.45) is 5.92 Å². The lowest BCUT2D eigenvalue weighted by atomic mass is 9.75. The molecule has 1 saturated carbocycles. The van der Waals surface area contributed by atoms with Gasteiger partial charge in [0.25, 0.3) is 0 Å². The summed E-state index contributed by atoms with van der Waals surface area (Å²) < 4.78 is 10.7. The summed E-state index contributed by atoms with van der Waals surface area (Å²) in [5.41, 5.74) is 4.11. The summed E-state index contributed by atoms with van der Waals surface area (Å²) in [6, 6.07) is 6.76. The summed E-state index contributed by atoms with van der Waals surface area (Å²) in [6.07, 6.45) is 11.8. The fourth-order valence-electron chi connectivity index (χ4n) is 4.81. The lowest BCUT2D eigenvalue weighted by molar-refractivity contribution is -0.140. The van der Waals surface area contributed by atoms with E-state index < -0.39 is 5.97 Å². The average molecular weight is 431 g/mol. The average Bonchev–Trinajstić information content (AvgIpc) is 2.81. The van der Waals surface area contributed by atoms with Crippen LogP contribution in [0, 0.1) is 5.92 Å². The second kappa shape index (κ2) is 13.7. The van der Waals surface area contributed by atoms with Crippen molar-refractivity contribution >= 4 is 5.97 Å². The molecule has 0 bridgehead atoms. The molecule has 1 aliphatic rings. The zero-order valence-corrected chi connectivity index (χ0v) is 19.8. The first-order chi connectivity index (χ1) is 15.0. The summed E-state index contributed by atoms with van der Waals surface area (Å²) in [4.78, 5) is 11.9. The molecule has 1 aliphatic carbocycles. The highest BCUT2D eigenvalue weighted by Gasteiger charge is 2.24. The number of hydrogen-bond acceptors (Lipinski definition) is 4. The van der Waals surface area contributed by atoms with Gasteiger partial charge in [0.2, 0.25) is 0 Å². The van der Waals surface area contributed by atoms with Crippen LogP contribution in [0.3, 0.4) is 0 Å². The number of carbonyl (C=O) groups is 1. The molecular formula is C27H42O4. The minimum Gasteiger partial charge on any atom is -0.462 e. The van der Waals surface area contributed by atoms with Gasteiger partial charge in [0.15, 0.2) is 0 Å². The number of carbonyl (C=O) groups excluding carboxylic acids is 1. The second-order valence-corrected chi connectivity index (χ2v) is 9.04. The number of unbranched alkanes of at least 4 members (excludes halogenated alkanes) is 2. The molecule has 1 fully saturated rings.